The minimum atomic E-state index is 0.395. The van der Waals surface area contributed by atoms with E-state index >= 15 is 0 Å². The minimum absolute atomic E-state index is 0.395. The summed E-state index contributed by atoms with van der Waals surface area (Å²) in [6.45, 7) is 4.52. The summed E-state index contributed by atoms with van der Waals surface area (Å²) >= 11 is 0. The molecule has 0 aliphatic rings. The van der Waals surface area contributed by atoms with Gasteiger partial charge < -0.3 is 9.88 Å². The first-order chi connectivity index (χ1) is 6.67. The van der Waals surface area contributed by atoms with Crippen molar-refractivity contribution in [3.8, 4) is 0 Å². The summed E-state index contributed by atoms with van der Waals surface area (Å²) in [4.78, 5) is 4.37. The molecular weight excluding hydrogens is 174 g/mol. The first kappa shape index (κ1) is 11.2. The summed E-state index contributed by atoms with van der Waals surface area (Å²) in [5.74, 6) is 0.745. The normalized spacial score (nSPS) is 15.4. The number of nitrogens with zero attached hydrogens (tertiary/aromatic N) is 2. The van der Waals surface area contributed by atoms with E-state index < -0.39 is 0 Å². The van der Waals surface area contributed by atoms with E-state index in [1.54, 1.807) is 0 Å². The third kappa shape index (κ3) is 2.84. The molecule has 1 rings (SSSR count). The zero-order valence-electron chi connectivity index (χ0n) is 9.62. The van der Waals surface area contributed by atoms with Gasteiger partial charge in [0.2, 0.25) is 0 Å². The van der Waals surface area contributed by atoms with E-state index in [9.17, 15) is 0 Å². The Morgan fingerprint density at radius 3 is 2.71 bits per heavy atom. The minimum Gasteiger partial charge on any atom is -0.340 e. The number of hydrogen-bond acceptors (Lipinski definition) is 2. The van der Waals surface area contributed by atoms with E-state index in [1.807, 2.05) is 25.0 Å². The Balaban J connectivity index is 2.62. The first-order valence-corrected chi connectivity index (χ1v) is 5.32. The molecule has 0 spiro atoms. The lowest BCUT2D eigenvalue weighted by molar-refractivity contribution is 0.416. The molecule has 2 unspecified atom stereocenters. The van der Waals surface area contributed by atoms with Crippen LogP contribution in [0.5, 0.6) is 0 Å². The standard InChI is InChI=1S/C11H21N3/c1-5-9(2)6-10(12-3)11-7-14(4)8-13-11/h7-10,12H,5-6H2,1-4H3. The summed E-state index contributed by atoms with van der Waals surface area (Å²) in [5.41, 5.74) is 1.15. The molecule has 0 fully saturated rings. The van der Waals surface area contributed by atoms with Crippen molar-refractivity contribution in [3.05, 3.63) is 18.2 Å². The second-order valence-corrected chi connectivity index (χ2v) is 4.05. The quantitative estimate of drug-likeness (QED) is 0.780. The van der Waals surface area contributed by atoms with E-state index in [0.717, 1.165) is 18.0 Å². The van der Waals surface area contributed by atoms with Crippen molar-refractivity contribution in [2.45, 2.75) is 32.7 Å². The van der Waals surface area contributed by atoms with Gasteiger partial charge in [-0.05, 0) is 19.4 Å². The van der Waals surface area contributed by atoms with Crippen molar-refractivity contribution in [2.24, 2.45) is 13.0 Å². The Kier molecular flexibility index (Phi) is 4.14. The molecule has 0 aromatic carbocycles. The van der Waals surface area contributed by atoms with Crippen molar-refractivity contribution in [3.63, 3.8) is 0 Å². The maximum absolute atomic E-state index is 4.37. The fraction of sp³-hybridized carbons (Fsp3) is 0.727. The fourth-order valence-corrected chi connectivity index (χ4v) is 1.57. The Hall–Kier alpha value is -0.830. The van der Waals surface area contributed by atoms with Gasteiger partial charge in [0.25, 0.3) is 0 Å². The summed E-state index contributed by atoms with van der Waals surface area (Å²) in [6.07, 6.45) is 6.33. The highest BCUT2D eigenvalue weighted by Crippen LogP contribution is 2.20. The lowest BCUT2D eigenvalue weighted by atomic mass is 9.98. The molecular formula is C11H21N3. The van der Waals surface area contributed by atoms with Crippen molar-refractivity contribution in [1.29, 1.82) is 0 Å². The van der Waals surface area contributed by atoms with Gasteiger partial charge in [0.15, 0.2) is 0 Å². The van der Waals surface area contributed by atoms with Gasteiger partial charge in [0, 0.05) is 13.2 Å². The van der Waals surface area contributed by atoms with Gasteiger partial charge in [-0.1, -0.05) is 20.3 Å². The molecule has 0 saturated carbocycles. The summed E-state index contributed by atoms with van der Waals surface area (Å²) in [5, 5.41) is 3.32. The van der Waals surface area contributed by atoms with Crippen LogP contribution in [-0.4, -0.2) is 16.6 Å². The van der Waals surface area contributed by atoms with Crippen molar-refractivity contribution in [2.75, 3.05) is 7.05 Å². The third-order valence-corrected chi connectivity index (χ3v) is 2.77. The molecule has 1 heterocycles. The zero-order valence-corrected chi connectivity index (χ0v) is 9.62. The number of rotatable bonds is 5. The second-order valence-electron chi connectivity index (χ2n) is 4.05. The summed E-state index contributed by atoms with van der Waals surface area (Å²) < 4.78 is 2.00. The highest BCUT2D eigenvalue weighted by molar-refractivity contribution is 5.03. The van der Waals surface area contributed by atoms with E-state index in [4.69, 9.17) is 0 Å². The molecule has 2 atom stereocenters. The molecule has 0 amide bonds. The molecule has 1 aromatic rings. The first-order valence-electron chi connectivity index (χ1n) is 5.32. The molecule has 0 saturated heterocycles. The second kappa shape index (κ2) is 5.15. The monoisotopic (exact) mass is 195 g/mol. The van der Waals surface area contributed by atoms with E-state index in [1.165, 1.54) is 6.42 Å². The SMILES string of the molecule is CCC(C)CC(NC)c1cn(C)cn1. The van der Waals surface area contributed by atoms with Crippen molar-refractivity contribution >= 4 is 0 Å². The van der Waals surface area contributed by atoms with Crippen LogP contribution in [0.25, 0.3) is 0 Å². The average molecular weight is 195 g/mol. The number of aryl methyl sites for hydroxylation is 1. The van der Waals surface area contributed by atoms with Crippen LogP contribution >= 0.6 is 0 Å². The van der Waals surface area contributed by atoms with E-state index in [0.29, 0.717) is 6.04 Å². The molecule has 1 aromatic heterocycles. The number of hydrogen-bond donors (Lipinski definition) is 1. The van der Waals surface area contributed by atoms with Gasteiger partial charge in [0.1, 0.15) is 0 Å². The maximum Gasteiger partial charge on any atom is 0.0947 e. The highest BCUT2D eigenvalue weighted by atomic mass is 15.0. The van der Waals surface area contributed by atoms with Gasteiger partial charge in [0.05, 0.1) is 18.1 Å². The fourth-order valence-electron chi connectivity index (χ4n) is 1.57. The van der Waals surface area contributed by atoms with Gasteiger partial charge in [-0.3, -0.25) is 0 Å². The van der Waals surface area contributed by atoms with Gasteiger partial charge in [-0.25, -0.2) is 4.98 Å². The van der Waals surface area contributed by atoms with Crippen LogP contribution < -0.4 is 5.32 Å². The van der Waals surface area contributed by atoms with Crippen LogP contribution in [0.2, 0.25) is 0 Å². The predicted molar refractivity (Wildman–Crippen MR) is 59.1 cm³/mol. The van der Waals surface area contributed by atoms with Gasteiger partial charge in [-0.2, -0.15) is 0 Å². The van der Waals surface area contributed by atoms with E-state index in [-0.39, 0.29) is 0 Å². The molecule has 0 aliphatic heterocycles. The Bertz CT molecular complexity index is 267. The molecule has 0 aliphatic carbocycles. The van der Waals surface area contributed by atoms with Gasteiger partial charge >= 0.3 is 0 Å². The molecule has 0 radical (unpaired) electrons. The Morgan fingerprint density at radius 1 is 1.57 bits per heavy atom. The zero-order chi connectivity index (χ0) is 10.6. The van der Waals surface area contributed by atoms with Crippen LogP contribution in [0.1, 0.15) is 38.4 Å². The largest absolute Gasteiger partial charge is 0.340 e. The van der Waals surface area contributed by atoms with Crippen LogP contribution in [0.4, 0.5) is 0 Å². The lowest BCUT2D eigenvalue weighted by Gasteiger charge is -2.17. The van der Waals surface area contributed by atoms with Crippen LogP contribution in [0.15, 0.2) is 12.5 Å². The van der Waals surface area contributed by atoms with E-state index in [2.05, 4.69) is 30.3 Å². The molecule has 1 N–H and O–H groups in total. The van der Waals surface area contributed by atoms with Crippen molar-refractivity contribution < 1.29 is 0 Å². The Morgan fingerprint density at radius 2 is 2.29 bits per heavy atom. The topological polar surface area (TPSA) is 29.9 Å². The Labute approximate surface area is 86.5 Å². The highest BCUT2D eigenvalue weighted by Gasteiger charge is 2.14. The predicted octanol–water partition coefficient (Wildman–Crippen LogP) is 2.12. The smallest absolute Gasteiger partial charge is 0.0947 e. The number of nitrogens with one attached hydrogen (secondary N) is 1. The number of imidazole rings is 1. The summed E-state index contributed by atoms with van der Waals surface area (Å²) in [6, 6.07) is 0.395. The lowest BCUT2D eigenvalue weighted by Crippen LogP contribution is -2.19. The van der Waals surface area contributed by atoms with Crippen molar-refractivity contribution in [1.82, 2.24) is 14.9 Å². The molecule has 0 bridgehead atoms. The summed E-state index contributed by atoms with van der Waals surface area (Å²) in [7, 11) is 4.01. The molecule has 80 valence electrons. The van der Waals surface area contributed by atoms with Crippen LogP contribution in [-0.2, 0) is 7.05 Å². The maximum atomic E-state index is 4.37. The molecule has 3 nitrogen and oxygen atoms in total. The van der Waals surface area contributed by atoms with Crippen LogP contribution in [0.3, 0.4) is 0 Å². The molecule has 14 heavy (non-hydrogen) atoms. The van der Waals surface area contributed by atoms with Gasteiger partial charge in [-0.15, -0.1) is 0 Å². The van der Waals surface area contributed by atoms with Crippen LogP contribution in [0, 0.1) is 5.92 Å². The molecule has 3 heteroatoms. The average Bonchev–Trinajstić information content (AvgIpc) is 2.60. The number of aromatic nitrogens is 2. The third-order valence-electron chi connectivity index (χ3n) is 2.77.